The summed E-state index contributed by atoms with van der Waals surface area (Å²) in [5.41, 5.74) is 1.13. The van der Waals surface area contributed by atoms with Gasteiger partial charge in [-0.2, -0.15) is 0 Å². The predicted octanol–water partition coefficient (Wildman–Crippen LogP) is 1.59. The second kappa shape index (κ2) is 9.50. The molecular formula is C23H28N4O5. The molecule has 1 aromatic rings. The lowest BCUT2D eigenvalue weighted by Gasteiger charge is -2.27. The van der Waals surface area contributed by atoms with E-state index in [1.165, 1.54) is 0 Å². The number of fused-ring (bicyclic) bond motifs is 1. The molecule has 0 spiro atoms. The van der Waals surface area contributed by atoms with E-state index in [1.54, 1.807) is 18.2 Å². The van der Waals surface area contributed by atoms with Gasteiger partial charge in [-0.1, -0.05) is 18.9 Å². The molecule has 170 valence electrons. The van der Waals surface area contributed by atoms with E-state index < -0.39 is 29.7 Å². The predicted molar refractivity (Wildman–Crippen MR) is 116 cm³/mol. The van der Waals surface area contributed by atoms with Crippen LogP contribution in [0.15, 0.2) is 18.2 Å². The minimum absolute atomic E-state index is 0.0964. The normalized spacial score (nSPS) is 20.2. The number of hydrogen-bond acceptors (Lipinski definition) is 6. The van der Waals surface area contributed by atoms with Gasteiger partial charge < -0.3 is 10.6 Å². The van der Waals surface area contributed by atoms with Gasteiger partial charge in [-0.25, -0.2) is 0 Å². The van der Waals surface area contributed by atoms with Gasteiger partial charge in [0.05, 0.1) is 11.1 Å². The molecule has 4 rings (SSSR count). The zero-order chi connectivity index (χ0) is 22.7. The van der Waals surface area contributed by atoms with Gasteiger partial charge in [0.25, 0.3) is 11.8 Å². The second-order valence-electron chi connectivity index (χ2n) is 8.58. The molecule has 0 bridgehead atoms. The molecule has 2 fully saturated rings. The topological polar surface area (TPSA) is 125 Å². The van der Waals surface area contributed by atoms with Gasteiger partial charge >= 0.3 is 0 Å². The molecular weight excluding hydrogens is 412 g/mol. The molecule has 0 radical (unpaired) electrons. The Kier molecular flexibility index (Phi) is 6.53. The Morgan fingerprint density at radius 2 is 1.72 bits per heavy atom. The van der Waals surface area contributed by atoms with Crippen LogP contribution in [0.25, 0.3) is 0 Å². The van der Waals surface area contributed by atoms with Crippen molar-refractivity contribution in [2.24, 2.45) is 5.92 Å². The molecule has 1 saturated carbocycles. The average Bonchev–Trinajstić information content (AvgIpc) is 3.58. The Hall–Kier alpha value is -3.23. The maximum Gasteiger partial charge on any atom is 0.264 e. The van der Waals surface area contributed by atoms with Crippen LogP contribution < -0.4 is 16.0 Å². The van der Waals surface area contributed by atoms with Crippen LogP contribution in [0, 0.1) is 5.92 Å². The average molecular weight is 441 g/mol. The standard InChI is InChI=1S/C23H28N4O5/c28-18-11-10-17(21(30)26-18)27-22(31)15-6-5-7-16(19(15)23(27)32)24-12-3-1-2-4-13-25-20(29)14-8-9-14/h5-7,14,17,24H,1-4,8-13H2,(H,25,29)(H,26,28,30). The fourth-order valence-corrected chi connectivity index (χ4v) is 4.19. The molecule has 9 nitrogen and oxygen atoms in total. The van der Waals surface area contributed by atoms with Gasteiger partial charge in [0, 0.05) is 31.1 Å². The van der Waals surface area contributed by atoms with Crippen molar-refractivity contribution in [2.45, 2.75) is 57.4 Å². The summed E-state index contributed by atoms with van der Waals surface area (Å²) < 4.78 is 0. The highest BCUT2D eigenvalue weighted by molar-refractivity contribution is 6.25. The zero-order valence-corrected chi connectivity index (χ0v) is 17.9. The van der Waals surface area contributed by atoms with E-state index in [4.69, 9.17) is 0 Å². The Balaban J connectivity index is 1.27. The lowest BCUT2D eigenvalue weighted by atomic mass is 10.0. The Morgan fingerprint density at radius 3 is 2.44 bits per heavy atom. The van der Waals surface area contributed by atoms with Gasteiger partial charge in [0.15, 0.2) is 0 Å². The SMILES string of the molecule is O=C1CCC(N2C(=O)c3cccc(NCCCCCCNC(=O)C4CC4)c3C2=O)C(=O)N1. The van der Waals surface area contributed by atoms with E-state index in [1.807, 2.05) is 0 Å². The highest BCUT2D eigenvalue weighted by atomic mass is 16.2. The van der Waals surface area contributed by atoms with E-state index in [0.717, 1.165) is 43.4 Å². The van der Waals surface area contributed by atoms with Gasteiger partial charge in [-0.15, -0.1) is 0 Å². The molecule has 3 aliphatic rings. The number of imide groups is 2. The maximum absolute atomic E-state index is 13.0. The summed E-state index contributed by atoms with van der Waals surface area (Å²) in [5, 5.41) is 8.41. The van der Waals surface area contributed by atoms with Gasteiger partial charge in [-0.3, -0.25) is 34.2 Å². The number of nitrogens with zero attached hydrogens (tertiary/aromatic N) is 1. The second-order valence-corrected chi connectivity index (χ2v) is 8.58. The molecule has 2 aliphatic heterocycles. The summed E-state index contributed by atoms with van der Waals surface area (Å²) >= 11 is 0. The summed E-state index contributed by atoms with van der Waals surface area (Å²) in [6, 6.07) is 4.09. The smallest absolute Gasteiger partial charge is 0.264 e. The molecule has 1 unspecified atom stereocenters. The summed E-state index contributed by atoms with van der Waals surface area (Å²) in [6.45, 7) is 1.35. The summed E-state index contributed by atoms with van der Waals surface area (Å²) in [7, 11) is 0. The first-order valence-electron chi connectivity index (χ1n) is 11.3. The Morgan fingerprint density at radius 1 is 0.969 bits per heavy atom. The summed E-state index contributed by atoms with van der Waals surface area (Å²) in [6.07, 6.45) is 6.07. The number of carbonyl (C=O) groups is 5. The molecule has 1 saturated heterocycles. The molecule has 2 heterocycles. The first-order valence-corrected chi connectivity index (χ1v) is 11.3. The maximum atomic E-state index is 13.0. The fraction of sp³-hybridized carbons (Fsp3) is 0.522. The largest absolute Gasteiger partial charge is 0.384 e. The number of benzene rings is 1. The number of piperidine rings is 1. The van der Waals surface area contributed by atoms with Crippen LogP contribution in [0.1, 0.15) is 72.1 Å². The van der Waals surface area contributed by atoms with Gasteiger partial charge in [0.2, 0.25) is 17.7 Å². The van der Waals surface area contributed by atoms with Crippen molar-refractivity contribution in [3.05, 3.63) is 29.3 Å². The van der Waals surface area contributed by atoms with Crippen molar-refractivity contribution in [3.8, 4) is 0 Å². The Bertz CT molecular complexity index is 956. The highest BCUT2D eigenvalue weighted by Gasteiger charge is 2.45. The van der Waals surface area contributed by atoms with Crippen molar-refractivity contribution >= 4 is 35.2 Å². The van der Waals surface area contributed by atoms with Crippen LogP contribution in [-0.4, -0.2) is 53.6 Å². The van der Waals surface area contributed by atoms with Crippen LogP contribution >= 0.6 is 0 Å². The van der Waals surface area contributed by atoms with Crippen LogP contribution in [-0.2, 0) is 14.4 Å². The quantitative estimate of drug-likeness (QED) is 0.375. The van der Waals surface area contributed by atoms with Crippen molar-refractivity contribution in [2.75, 3.05) is 18.4 Å². The monoisotopic (exact) mass is 440 g/mol. The number of hydrogen-bond donors (Lipinski definition) is 3. The molecule has 1 aliphatic carbocycles. The molecule has 0 aromatic heterocycles. The van der Waals surface area contributed by atoms with Crippen LogP contribution in [0.3, 0.4) is 0 Å². The van der Waals surface area contributed by atoms with Gasteiger partial charge in [-0.05, 0) is 44.2 Å². The number of amides is 5. The van der Waals surface area contributed by atoms with Crippen molar-refractivity contribution in [3.63, 3.8) is 0 Å². The first kappa shape index (κ1) is 22.0. The lowest BCUT2D eigenvalue weighted by molar-refractivity contribution is -0.136. The van der Waals surface area contributed by atoms with Crippen LogP contribution in [0.2, 0.25) is 0 Å². The third-order valence-corrected chi connectivity index (χ3v) is 6.13. The number of carbonyl (C=O) groups excluding carboxylic acids is 5. The lowest BCUT2D eigenvalue weighted by Crippen LogP contribution is -2.54. The van der Waals surface area contributed by atoms with E-state index in [2.05, 4.69) is 16.0 Å². The summed E-state index contributed by atoms with van der Waals surface area (Å²) in [5.74, 6) is -1.60. The highest BCUT2D eigenvalue weighted by Crippen LogP contribution is 2.32. The molecule has 1 aromatic carbocycles. The van der Waals surface area contributed by atoms with Crippen LogP contribution in [0.4, 0.5) is 5.69 Å². The molecule has 1 atom stereocenters. The Labute approximate surface area is 186 Å². The number of unbranched alkanes of at least 4 members (excludes halogenated alkanes) is 3. The van der Waals surface area contributed by atoms with Crippen molar-refractivity contribution in [1.29, 1.82) is 0 Å². The minimum Gasteiger partial charge on any atom is -0.384 e. The number of nitrogens with one attached hydrogen (secondary N) is 3. The van der Waals surface area contributed by atoms with E-state index in [0.29, 0.717) is 18.8 Å². The van der Waals surface area contributed by atoms with Gasteiger partial charge in [0.1, 0.15) is 6.04 Å². The molecule has 9 heteroatoms. The fourth-order valence-electron chi connectivity index (χ4n) is 4.19. The first-order chi connectivity index (χ1) is 15.5. The van der Waals surface area contributed by atoms with E-state index in [9.17, 15) is 24.0 Å². The van der Waals surface area contributed by atoms with E-state index >= 15 is 0 Å². The van der Waals surface area contributed by atoms with E-state index in [-0.39, 0.29) is 35.8 Å². The number of anilines is 1. The summed E-state index contributed by atoms with van der Waals surface area (Å²) in [4.78, 5) is 62.0. The molecule has 3 N–H and O–H groups in total. The third-order valence-electron chi connectivity index (χ3n) is 6.13. The molecule has 32 heavy (non-hydrogen) atoms. The van der Waals surface area contributed by atoms with Crippen molar-refractivity contribution in [1.82, 2.24) is 15.5 Å². The number of rotatable bonds is 10. The zero-order valence-electron chi connectivity index (χ0n) is 17.9. The molecule has 5 amide bonds. The third kappa shape index (κ3) is 4.66. The van der Waals surface area contributed by atoms with Crippen molar-refractivity contribution < 1.29 is 24.0 Å². The minimum atomic E-state index is -0.964. The van der Waals surface area contributed by atoms with Crippen LogP contribution in [0.5, 0.6) is 0 Å².